The van der Waals surface area contributed by atoms with Crippen molar-refractivity contribution < 1.29 is 32.3 Å². The van der Waals surface area contributed by atoms with Gasteiger partial charge in [0.05, 0.1) is 28.1 Å². The fourth-order valence-electron chi connectivity index (χ4n) is 3.61. The molecular formula is C24H21F4N5O3S. The van der Waals surface area contributed by atoms with Gasteiger partial charge in [0.1, 0.15) is 0 Å². The van der Waals surface area contributed by atoms with Crippen molar-refractivity contribution in [1.82, 2.24) is 14.5 Å². The number of benzene rings is 1. The predicted molar refractivity (Wildman–Crippen MR) is 131 cm³/mol. The van der Waals surface area contributed by atoms with Crippen LogP contribution in [-0.2, 0) is 11.3 Å². The molecule has 0 spiro atoms. The summed E-state index contributed by atoms with van der Waals surface area (Å²) >= 11 is 1.12. The van der Waals surface area contributed by atoms with Crippen LogP contribution in [-0.4, -0.2) is 50.3 Å². The summed E-state index contributed by atoms with van der Waals surface area (Å²) < 4.78 is 53.6. The van der Waals surface area contributed by atoms with Gasteiger partial charge in [0, 0.05) is 29.9 Å². The van der Waals surface area contributed by atoms with Crippen LogP contribution in [0.5, 0.6) is 0 Å². The first-order chi connectivity index (χ1) is 17.2. The molecule has 0 bridgehead atoms. The number of anilines is 2. The molecule has 4 aromatic rings. The summed E-state index contributed by atoms with van der Waals surface area (Å²) in [6, 6.07) is 10.1. The Bertz CT molecular complexity index is 1490. The molecule has 0 atom stereocenters. The lowest BCUT2D eigenvalue weighted by molar-refractivity contribution is -0.170. The predicted octanol–water partition coefficient (Wildman–Crippen LogP) is 4.85. The van der Waals surface area contributed by atoms with Crippen molar-refractivity contribution in [1.29, 1.82) is 0 Å². The van der Waals surface area contributed by atoms with Crippen molar-refractivity contribution in [3.63, 3.8) is 0 Å². The van der Waals surface area contributed by atoms with Gasteiger partial charge in [-0.05, 0) is 55.8 Å². The van der Waals surface area contributed by atoms with E-state index in [0.717, 1.165) is 18.4 Å². The SMILES string of the molecule is CN(C(=O)C(F)(F)F)c1ccc2c(c1)nc(NC(=O)c1ccc(-c3ccnc(F)c3)s1)n2CC(C)(C)O. The molecule has 3 heterocycles. The van der Waals surface area contributed by atoms with Crippen molar-refractivity contribution >= 4 is 45.8 Å². The number of aromatic nitrogens is 3. The van der Waals surface area contributed by atoms with Crippen LogP contribution in [0.4, 0.5) is 29.2 Å². The molecule has 194 valence electrons. The Morgan fingerprint density at radius 3 is 2.51 bits per heavy atom. The first-order valence-corrected chi connectivity index (χ1v) is 11.7. The van der Waals surface area contributed by atoms with Gasteiger partial charge >= 0.3 is 12.1 Å². The van der Waals surface area contributed by atoms with Crippen LogP contribution in [0.25, 0.3) is 21.5 Å². The second-order valence-corrected chi connectivity index (χ2v) is 9.94. The highest BCUT2D eigenvalue weighted by Crippen LogP contribution is 2.31. The molecule has 8 nitrogen and oxygen atoms in total. The molecule has 2 amide bonds. The minimum Gasteiger partial charge on any atom is -0.389 e. The Morgan fingerprint density at radius 2 is 1.86 bits per heavy atom. The summed E-state index contributed by atoms with van der Waals surface area (Å²) in [6.07, 6.45) is -3.73. The molecule has 4 rings (SSSR count). The van der Waals surface area contributed by atoms with Crippen molar-refractivity contribution in [2.45, 2.75) is 32.2 Å². The molecule has 0 unspecified atom stereocenters. The first-order valence-electron chi connectivity index (χ1n) is 10.8. The molecule has 37 heavy (non-hydrogen) atoms. The number of rotatable bonds is 6. The third kappa shape index (κ3) is 5.78. The Labute approximate surface area is 212 Å². The second kappa shape index (κ2) is 9.56. The van der Waals surface area contributed by atoms with E-state index in [0.29, 0.717) is 25.7 Å². The number of nitrogens with one attached hydrogen (secondary N) is 1. The number of aliphatic hydroxyl groups is 1. The highest BCUT2D eigenvalue weighted by Gasteiger charge is 2.41. The summed E-state index contributed by atoms with van der Waals surface area (Å²) in [4.78, 5) is 33.9. The Balaban J connectivity index is 1.67. The van der Waals surface area contributed by atoms with E-state index in [4.69, 9.17) is 0 Å². The number of carbonyl (C=O) groups excluding carboxylic acids is 2. The highest BCUT2D eigenvalue weighted by molar-refractivity contribution is 7.17. The van der Waals surface area contributed by atoms with Gasteiger partial charge in [-0.1, -0.05) is 0 Å². The fraction of sp³-hybridized carbons (Fsp3) is 0.250. The highest BCUT2D eigenvalue weighted by atomic mass is 32.1. The van der Waals surface area contributed by atoms with Gasteiger partial charge in [0.2, 0.25) is 11.9 Å². The average Bonchev–Trinajstić information content (AvgIpc) is 3.42. The van der Waals surface area contributed by atoms with Gasteiger partial charge in [-0.3, -0.25) is 14.9 Å². The quantitative estimate of drug-likeness (QED) is 0.272. The molecule has 0 aliphatic rings. The Kier molecular flexibility index (Phi) is 6.78. The lowest BCUT2D eigenvalue weighted by Crippen LogP contribution is -2.38. The number of fused-ring (bicyclic) bond motifs is 1. The molecule has 0 saturated carbocycles. The number of hydrogen-bond donors (Lipinski definition) is 2. The van der Waals surface area contributed by atoms with Crippen LogP contribution in [0, 0.1) is 5.95 Å². The smallest absolute Gasteiger partial charge is 0.389 e. The van der Waals surface area contributed by atoms with Crippen LogP contribution in [0.2, 0.25) is 0 Å². The standard InChI is InChI=1S/C24H21F4N5O3S/c1-23(2,36)12-33-16-5-4-14(32(3)21(35)24(26,27)28)11-15(16)30-22(33)31-20(34)18-7-6-17(37-18)13-8-9-29-19(25)10-13/h4-11,36H,12H2,1-3H3,(H,30,31,34). The third-order valence-corrected chi connectivity index (χ3v) is 6.41. The maximum absolute atomic E-state index is 13.5. The van der Waals surface area contributed by atoms with E-state index in [1.807, 2.05) is 0 Å². The number of hydrogen-bond acceptors (Lipinski definition) is 6. The lowest BCUT2D eigenvalue weighted by atomic mass is 10.1. The van der Waals surface area contributed by atoms with E-state index in [1.54, 1.807) is 32.0 Å². The molecule has 0 saturated heterocycles. The van der Waals surface area contributed by atoms with Crippen LogP contribution >= 0.6 is 11.3 Å². The summed E-state index contributed by atoms with van der Waals surface area (Å²) in [5, 5.41) is 13.1. The molecular weight excluding hydrogens is 514 g/mol. The molecule has 0 aliphatic heterocycles. The Morgan fingerprint density at radius 1 is 1.14 bits per heavy atom. The molecule has 0 aliphatic carbocycles. The molecule has 13 heteroatoms. The molecule has 0 fully saturated rings. The summed E-state index contributed by atoms with van der Waals surface area (Å²) in [5.41, 5.74) is -0.0915. The minimum atomic E-state index is -5.05. The van der Waals surface area contributed by atoms with E-state index in [2.05, 4.69) is 15.3 Å². The molecule has 1 aromatic carbocycles. The number of thiophene rings is 1. The van der Waals surface area contributed by atoms with E-state index < -0.39 is 29.5 Å². The zero-order valence-electron chi connectivity index (χ0n) is 19.8. The van der Waals surface area contributed by atoms with Crippen LogP contribution in [0.1, 0.15) is 23.5 Å². The zero-order chi connectivity index (χ0) is 27.1. The number of nitrogens with zero attached hydrogens (tertiary/aromatic N) is 4. The van der Waals surface area contributed by atoms with Gasteiger partial charge in [-0.25, -0.2) is 9.97 Å². The van der Waals surface area contributed by atoms with Crippen molar-refractivity contribution in [3.05, 3.63) is 59.5 Å². The minimum absolute atomic E-state index is 0.00175. The van der Waals surface area contributed by atoms with Gasteiger partial charge in [0.25, 0.3) is 5.91 Å². The molecule has 0 radical (unpaired) electrons. The van der Waals surface area contributed by atoms with Gasteiger partial charge in [0.15, 0.2) is 0 Å². The van der Waals surface area contributed by atoms with Crippen LogP contribution in [0.3, 0.4) is 0 Å². The van der Waals surface area contributed by atoms with Crippen LogP contribution < -0.4 is 10.2 Å². The fourth-order valence-corrected chi connectivity index (χ4v) is 4.51. The summed E-state index contributed by atoms with van der Waals surface area (Å²) in [7, 11) is 0.997. The second-order valence-electron chi connectivity index (χ2n) is 8.85. The van der Waals surface area contributed by atoms with Crippen molar-refractivity contribution in [3.8, 4) is 10.4 Å². The van der Waals surface area contributed by atoms with Gasteiger partial charge < -0.3 is 14.6 Å². The Hall–Kier alpha value is -3.84. The van der Waals surface area contributed by atoms with Crippen molar-refractivity contribution in [2.24, 2.45) is 0 Å². The number of imidazole rings is 1. The maximum atomic E-state index is 13.5. The number of carbonyl (C=O) groups is 2. The van der Waals surface area contributed by atoms with E-state index in [1.165, 1.54) is 35.0 Å². The number of alkyl halides is 3. The third-order valence-electron chi connectivity index (χ3n) is 5.28. The zero-order valence-corrected chi connectivity index (χ0v) is 20.6. The van der Waals surface area contributed by atoms with Crippen LogP contribution in [0.15, 0.2) is 48.7 Å². The number of amides is 2. The molecule has 2 N–H and O–H groups in total. The first kappa shape index (κ1) is 26.2. The maximum Gasteiger partial charge on any atom is 0.471 e. The van der Waals surface area contributed by atoms with E-state index in [-0.39, 0.29) is 23.7 Å². The van der Waals surface area contributed by atoms with Gasteiger partial charge in [-0.2, -0.15) is 17.6 Å². The van der Waals surface area contributed by atoms with E-state index in [9.17, 15) is 32.3 Å². The number of halogens is 4. The van der Waals surface area contributed by atoms with Crippen molar-refractivity contribution in [2.75, 3.05) is 17.3 Å². The normalized spacial score (nSPS) is 12.1. The van der Waals surface area contributed by atoms with E-state index >= 15 is 0 Å². The molecule has 3 aromatic heterocycles. The monoisotopic (exact) mass is 535 g/mol. The summed E-state index contributed by atoms with van der Waals surface area (Å²) in [6.45, 7) is 3.10. The number of pyridine rings is 1. The average molecular weight is 536 g/mol. The van der Waals surface area contributed by atoms with Gasteiger partial charge in [-0.15, -0.1) is 11.3 Å². The lowest BCUT2D eigenvalue weighted by Gasteiger charge is -2.21. The summed E-state index contributed by atoms with van der Waals surface area (Å²) in [5.74, 6) is -3.17. The topological polar surface area (TPSA) is 100 Å². The largest absolute Gasteiger partial charge is 0.471 e.